The lowest BCUT2D eigenvalue weighted by atomic mass is 10.1. The van der Waals surface area contributed by atoms with Crippen molar-refractivity contribution in [2.75, 3.05) is 26.4 Å². The highest BCUT2D eigenvalue weighted by molar-refractivity contribution is 7.61. The molecule has 13 heteroatoms. The molecule has 0 heterocycles. The number of phosphoric acid groups is 2. The summed E-state index contributed by atoms with van der Waals surface area (Å²) in [5, 5.41) is 0. The van der Waals surface area contributed by atoms with Crippen molar-refractivity contribution in [3.8, 4) is 0 Å². The third kappa shape index (κ3) is 22.4. The first kappa shape index (κ1) is 35.7. The Kier molecular flexibility index (Phi) is 19.9. The van der Waals surface area contributed by atoms with Gasteiger partial charge in [-0.15, -0.1) is 0 Å². The number of carbonyl (C=O) groups excluding carboxylic acids is 2. The monoisotopic (exact) mass is 570 g/mol. The molecular weight excluding hydrogens is 526 g/mol. The zero-order valence-corrected chi connectivity index (χ0v) is 24.0. The van der Waals surface area contributed by atoms with Gasteiger partial charge in [0.25, 0.3) is 0 Å². The van der Waals surface area contributed by atoms with E-state index in [1.807, 2.05) is 0 Å². The van der Waals surface area contributed by atoms with Crippen LogP contribution in [0.15, 0.2) is 24.3 Å². The molecule has 2 N–H and O–H groups in total. The highest BCUT2D eigenvalue weighted by Gasteiger charge is 2.34. The molecule has 0 fully saturated rings. The van der Waals surface area contributed by atoms with Gasteiger partial charge in [0.2, 0.25) is 0 Å². The number of esters is 2. The maximum Gasteiger partial charge on any atom is 0.481 e. The second-order valence-electron chi connectivity index (χ2n) is 8.76. The molecule has 2 atom stereocenters. The Bertz CT molecular complexity index is 734. The molecule has 0 radical (unpaired) electrons. The summed E-state index contributed by atoms with van der Waals surface area (Å²) in [6.07, 6.45) is 9.20. The van der Waals surface area contributed by atoms with Crippen LogP contribution in [0, 0.1) is 0 Å². The van der Waals surface area contributed by atoms with E-state index in [1.165, 1.54) is 0 Å². The number of rotatable bonds is 24. The second kappa shape index (κ2) is 20.6. The highest BCUT2D eigenvalue weighted by Crippen LogP contribution is 2.60. The fraction of sp³-hybridized carbons (Fsp3) is 0.750. The van der Waals surface area contributed by atoms with Gasteiger partial charge in [0, 0.05) is 11.1 Å². The zero-order valence-electron chi connectivity index (χ0n) is 22.2. The van der Waals surface area contributed by atoms with E-state index in [-0.39, 0.29) is 13.2 Å². The zero-order chi connectivity index (χ0) is 28.2. The first-order valence-corrected chi connectivity index (χ1v) is 15.7. The smallest absolute Gasteiger partial charge is 0.462 e. The Morgan fingerprint density at radius 3 is 1.14 bits per heavy atom. The standard InChI is InChI=1S/C24H44O11P2/c1-21(2)23(25)31-17-13-9-5-7-11-15-19-33-36(27,28)35-37(29,30)34-20-16-12-8-6-10-14-18-32-24(26)22(3)4/h1,3,5-20H2,2,4H3,(H,27,28)(H,29,30). The van der Waals surface area contributed by atoms with Crippen molar-refractivity contribution < 1.29 is 51.3 Å². The van der Waals surface area contributed by atoms with Gasteiger partial charge in [0.1, 0.15) is 0 Å². The minimum absolute atomic E-state index is 0.101. The van der Waals surface area contributed by atoms with Crippen molar-refractivity contribution in [2.24, 2.45) is 0 Å². The third-order valence-corrected chi connectivity index (χ3v) is 7.62. The normalized spacial score (nSPS) is 14.4. The van der Waals surface area contributed by atoms with E-state index in [2.05, 4.69) is 17.5 Å². The molecule has 2 unspecified atom stereocenters. The highest BCUT2D eigenvalue weighted by atomic mass is 31.3. The van der Waals surface area contributed by atoms with Crippen molar-refractivity contribution in [2.45, 2.75) is 90.9 Å². The molecule has 11 nitrogen and oxygen atoms in total. The van der Waals surface area contributed by atoms with Gasteiger partial charge < -0.3 is 19.3 Å². The molecule has 216 valence electrons. The minimum Gasteiger partial charge on any atom is -0.462 e. The summed E-state index contributed by atoms with van der Waals surface area (Å²) in [4.78, 5) is 41.8. The van der Waals surface area contributed by atoms with Crippen molar-refractivity contribution in [3.63, 3.8) is 0 Å². The number of hydrogen-bond acceptors (Lipinski definition) is 9. The van der Waals surface area contributed by atoms with Gasteiger partial charge >= 0.3 is 27.6 Å². The lowest BCUT2D eigenvalue weighted by molar-refractivity contribution is -0.139. The Morgan fingerprint density at radius 1 is 0.568 bits per heavy atom. The predicted octanol–water partition coefficient (Wildman–Crippen LogP) is 6.16. The van der Waals surface area contributed by atoms with Crippen LogP contribution in [0.25, 0.3) is 0 Å². The van der Waals surface area contributed by atoms with Crippen LogP contribution in [0.2, 0.25) is 0 Å². The molecule has 0 spiro atoms. The van der Waals surface area contributed by atoms with Crippen LogP contribution in [0.4, 0.5) is 0 Å². The van der Waals surface area contributed by atoms with Crippen LogP contribution in [0.1, 0.15) is 90.9 Å². The Hall–Kier alpha value is -1.32. The molecule has 0 amide bonds. The number of phosphoric ester groups is 2. The summed E-state index contributed by atoms with van der Waals surface area (Å²) >= 11 is 0. The molecule has 0 saturated heterocycles. The Morgan fingerprint density at radius 2 is 0.838 bits per heavy atom. The van der Waals surface area contributed by atoms with E-state index < -0.39 is 27.6 Å². The van der Waals surface area contributed by atoms with E-state index in [1.54, 1.807) is 13.8 Å². The molecule has 0 aromatic carbocycles. The van der Waals surface area contributed by atoms with Gasteiger partial charge in [0.15, 0.2) is 0 Å². The number of carbonyl (C=O) groups is 2. The largest absolute Gasteiger partial charge is 0.481 e. The van der Waals surface area contributed by atoms with Crippen LogP contribution in [-0.2, 0) is 41.6 Å². The van der Waals surface area contributed by atoms with Crippen molar-refractivity contribution in [1.82, 2.24) is 0 Å². The van der Waals surface area contributed by atoms with Crippen molar-refractivity contribution in [3.05, 3.63) is 24.3 Å². The van der Waals surface area contributed by atoms with Crippen LogP contribution in [-0.4, -0.2) is 48.2 Å². The van der Waals surface area contributed by atoms with Crippen LogP contribution in [0.3, 0.4) is 0 Å². The Balaban J connectivity index is 3.73. The first-order valence-electron chi connectivity index (χ1n) is 12.7. The van der Waals surface area contributed by atoms with Gasteiger partial charge in [-0.05, 0) is 39.5 Å². The SMILES string of the molecule is C=C(C)C(=O)OCCCCCCCCOP(=O)(O)OP(=O)(O)OCCCCCCCCOC(=O)C(=C)C. The van der Waals surface area contributed by atoms with Crippen molar-refractivity contribution >= 4 is 27.6 Å². The Labute approximate surface area is 220 Å². The molecule has 0 aromatic rings. The average molecular weight is 571 g/mol. The van der Waals surface area contributed by atoms with Crippen LogP contribution in [0.5, 0.6) is 0 Å². The maximum atomic E-state index is 11.9. The van der Waals surface area contributed by atoms with Crippen molar-refractivity contribution in [1.29, 1.82) is 0 Å². The maximum absolute atomic E-state index is 11.9. The van der Waals surface area contributed by atoms with E-state index >= 15 is 0 Å². The van der Waals surface area contributed by atoms with E-state index in [9.17, 15) is 28.5 Å². The van der Waals surface area contributed by atoms with Crippen LogP contribution < -0.4 is 0 Å². The molecule has 0 aliphatic rings. The summed E-state index contributed by atoms with van der Waals surface area (Å²) in [6.45, 7) is 10.7. The molecule has 0 saturated carbocycles. The van der Waals surface area contributed by atoms with Gasteiger partial charge in [-0.1, -0.05) is 64.5 Å². The number of unbranched alkanes of at least 4 members (excludes halogenated alkanes) is 10. The number of ether oxygens (including phenoxy) is 2. The molecule has 0 rings (SSSR count). The fourth-order valence-corrected chi connectivity index (χ4v) is 5.08. The summed E-state index contributed by atoms with van der Waals surface area (Å²) in [5.41, 5.74) is 0.740. The topological polar surface area (TPSA) is 155 Å². The predicted molar refractivity (Wildman–Crippen MR) is 140 cm³/mol. The van der Waals surface area contributed by atoms with E-state index in [0.717, 1.165) is 64.2 Å². The lowest BCUT2D eigenvalue weighted by Gasteiger charge is -2.16. The first-order chi connectivity index (χ1) is 17.4. The molecule has 0 aliphatic heterocycles. The molecule has 0 aliphatic carbocycles. The third-order valence-electron chi connectivity index (χ3n) is 4.96. The van der Waals surface area contributed by atoms with Gasteiger partial charge in [-0.2, -0.15) is 4.31 Å². The second-order valence-corrected chi connectivity index (χ2v) is 11.8. The molecular formula is C24H44O11P2. The molecule has 0 bridgehead atoms. The average Bonchev–Trinajstić information content (AvgIpc) is 2.80. The van der Waals surface area contributed by atoms with E-state index in [0.29, 0.717) is 37.2 Å². The molecule has 37 heavy (non-hydrogen) atoms. The quantitative estimate of drug-likeness (QED) is 0.0593. The van der Waals surface area contributed by atoms with Gasteiger partial charge in [-0.25, -0.2) is 18.7 Å². The van der Waals surface area contributed by atoms with E-state index in [4.69, 9.17) is 18.5 Å². The summed E-state index contributed by atoms with van der Waals surface area (Å²) in [7, 11) is -9.46. The van der Waals surface area contributed by atoms with Gasteiger partial charge in [-0.3, -0.25) is 9.05 Å². The minimum atomic E-state index is -4.73. The summed E-state index contributed by atoms with van der Waals surface area (Å²) in [6, 6.07) is 0. The number of hydrogen-bond donors (Lipinski definition) is 2. The lowest BCUT2D eigenvalue weighted by Crippen LogP contribution is -2.06. The fourth-order valence-electron chi connectivity index (χ4n) is 2.94. The molecule has 0 aromatic heterocycles. The van der Waals surface area contributed by atoms with Gasteiger partial charge in [0.05, 0.1) is 26.4 Å². The van der Waals surface area contributed by atoms with Crippen LogP contribution >= 0.6 is 15.6 Å². The summed E-state index contributed by atoms with van der Waals surface area (Å²) in [5.74, 6) is -0.788. The summed E-state index contributed by atoms with van der Waals surface area (Å²) < 4.78 is 47.6.